The Kier molecular flexibility index (Phi) is 3.61. The second-order valence-electron chi connectivity index (χ2n) is 4.27. The van der Waals surface area contributed by atoms with Gasteiger partial charge in [-0.05, 0) is 29.3 Å². The van der Waals surface area contributed by atoms with E-state index in [4.69, 9.17) is 5.11 Å². The molecule has 0 aliphatic heterocycles. The molecule has 2 aromatic carbocycles. The molecule has 1 N–H and O–H groups in total. The Bertz CT molecular complexity index is 657. The molecule has 0 atom stereocenters. The van der Waals surface area contributed by atoms with Crippen LogP contribution >= 0.6 is 0 Å². The van der Waals surface area contributed by atoms with Gasteiger partial charge >= 0.3 is 12.4 Å². The molecule has 112 valence electrons. The molecular weight excluding hydrogens is 298 g/mol. The highest BCUT2D eigenvalue weighted by Crippen LogP contribution is 2.43. The van der Waals surface area contributed by atoms with Crippen LogP contribution in [0.15, 0.2) is 42.5 Å². The maximum Gasteiger partial charge on any atom is 0.417 e. The van der Waals surface area contributed by atoms with Crippen molar-refractivity contribution < 1.29 is 31.4 Å². The highest BCUT2D eigenvalue weighted by Gasteiger charge is 2.38. The smallest absolute Gasteiger partial charge is 0.417 e. The van der Waals surface area contributed by atoms with Crippen LogP contribution in [-0.4, -0.2) is 5.11 Å². The second kappa shape index (κ2) is 4.98. The summed E-state index contributed by atoms with van der Waals surface area (Å²) >= 11 is 0. The highest BCUT2D eigenvalue weighted by molar-refractivity contribution is 5.72. The minimum atomic E-state index is -4.88. The van der Waals surface area contributed by atoms with Gasteiger partial charge in [-0.1, -0.05) is 24.3 Å². The maximum atomic E-state index is 12.9. The van der Waals surface area contributed by atoms with Crippen LogP contribution in [0.25, 0.3) is 11.1 Å². The van der Waals surface area contributed by atoms with E-state index in [0.29, 0.717) is 12.1 Å². The monoisotopic (exact) mass is 306 g/mol. The molecule has 0 spiro atoms. The minimum absolute atomic E-state index is 0.405. The van der Waals surface area contributed by atoms with E-state index in [-0.39, 0.29) is 0 Å². The SMILES string of the molecule is Oc1ccc(-c2ccccc2C(F)(F)F)c(C(F)(F)F)c1. The summed E-state index contributed by atoms with van der Waals surface area (Å²) in [5.74, 6) is -0.671. The molecule has 0 fully saturated rings. The first kappa shape index (κ1) is 15.2. The molecule has 0 aliphatic carbocycles. The molecule has 0 saturated carbocycles. The number of phenolic OH excluding ortho intramolecular Hbond substituents is 1. The summed E-state index contributed by atoms with van der Waals surface area (Å²) in [5.41, 5.74) is -3.70. The number of phenols is 1. The lowest BCUT2D eigenvalue weighted by atomic mass is 9.94. The molecule has 0 saturated heterocycles. The van der Waals surface area contributed by atoms with E-state index in [0.717, 1.165) is 24.3 Å². The molecule has 0 aliphatic rings. The Labute approximate surface area is 115 Å². The van der Waals surface area contributed by atoms with Crippen LogP contribution in [0.1, 0.15) is 11.1 Å². The van der Waals surface area contributed by atoms with Gasteiger partial charge in [-0.2, -0.15) is 26.3 Å². The Morgan fingerprint density at radius 3 is 1.76 bits per heavy atom. The summed E-state index contributed by atoms with van der Waals surface area (Å²) in [4.78, 5) is 0. The third kappa shape index (κ3) is 3.12. The van der Waals surface area contributed by atoms with Gasteiger partial charge in [0, 0.05) is 0 Å². The summed E-state index contributed by atoms with van der Waals surface area (Å²) in [6.07, 6.45) is -9.66. The zero-order chi connectivity index (χ0) is 15.8. The maximum absolute atomic E-state index is 12.9. The zero-order valence-corrected chi connectivity index (χ0v) is 10.3. The molecule has 0 aromatic heterocycles. The third-order valence-electron chi connectivity index (χ3n) is 2.83. The van der Waals surface area contributed by atoms with Crippen molar-refractivity contribution in [2.45, 2.75) is 12.4 Å². The quantitative estimate of drug-likeness (QED) is 0.727. The van der Waals surface area contributed by atoms with E-state index < -0.39 is 40.4 Å². The van der Waals surface area contributed by atoms with E-state index >= 15 is 0 Å². The molecule has 21 heavy (non-hydrogen) atoms. The number of halogens is 6. The molecule has 1 nitrogen and oxygen atoms in total. The number of alkyl halides is 6. The van der Waals surface area contributed by atoms with Gasteiger partial charge in [-0.3, -0.25) is 0 Å². The number of hydrogen-bond acceptors (Lipinski definition) is 1. The van der Waals surface area contributed by atoms with Crippen molar-refractivity contribution in [1.29, 1.82) is 0 Å². The molecule has 0 amide bonds. The summed E-state index contributed by atoms with van der Waals surface area (Å²) in [6, 6.07) is 6.13. The first-order chi connectivity index (χ1) is 9.60. The van der Waals surface area contributed by atoms with Gasteiger partial charge < -0.3 is 5.11 Å². The summed E-state index contributed by atoms with van der Waals surface area (Å²) in [7, 11) is 0. The Morgan fingerprint density at radius 1 is 0.667 bits per heavy atom. The van der Waals surface area contributed by atoms with Crippen molar-refractivity contribution in [2.24, 2.45) is 0 Å². The number of benzene rings is 2. The average molecular weight is 306 g/mol. The van der Waals surface area contributed by atoms with Crippen LogP contribution < -0.4 is 0 Å². The lowest BCUT2D eigenvalue weighted by Crippen LogP contribution is -2.11. The van der Waals surface area contributed by atoms with Gasteiger partial charge in [-0.25, -0.2) is 0 Å². The van der Waals surface area contributed by atoms with E-state index in [2.05, 4.69) is 0 Å². The van der Waals surface area contributed by atoms with Crippen molar-refractivity contribution in [3.8, 4) is 16.9 Å². The van der Waals surface area contributed by atoms with Crippen LogP contribution in [0.3, 0.4) is 0 Å². The van der Waals surface area contributed by atoms with Gasteiger partial charge in [0.25, 0.3) is 0 Å². The summed E-state index contributed by atoms with van der Waals surface area (Å²) in [6.45, 7) is 0. The standard InChI is InChI=1S/C14H8F6O/c15-13(16,17)11-4-2-1-3-9(11)10-6-5-8(21)7-12(10)14(18,19)20/h1-7,21H. The van der Waals surface area contributed by atoms with Gasteiger partial charge in [0.15, 0.2) is 0 Å². The van der Waals surface area contributed by atoms with Crippen LogP contribution in [0.4, 0.5) is 26.3 Å². The molecule has 0 radical (unpaired) electrons. The van der Waals surface area contributed by atoms with E-state index in [1.54, 1.807) is 0 Å². The van der Waals surface area contributed by atoms with Crippen molar-refractivity contribution in [2.75, 3.05) is 0 Å². The van der Waals surface area contributed by atoms with Gasteiger partial charge in [0.1, 0.15) is 5.75 Å². The van der Waals surface area contributed by atoms with Crippen LogP contribution in [0, 0.1) is 0 Å². The summed E-state index contributed by atoms with van der Waals surface area (Å²) < 4.78 is 77.6. The van der Waals surface area contributed by atoms with Crippen molar-refractivity contribution >= 4 is 0 Å². The van der Waals surface area contributed by atoms with E-state index in [9.17, 15) is 26.3 Å². The van der Waals surface area contributed by atoms with Crippen LogP contribution in [0.5, 0.6) is 5.75 Å². The highest BCUT2D eigenvalue weighted by atomic mass is 19.4. The lowest BCUT2D eigenvalue weighted by Gasteiger charge is -2.17. The topological polar surface area (TPSA) is 20.2 Å². The molecule has 0 heterocycles. The molecule has 7 heteroatoms. The fraction of sp³-hybridized carbons (Fsp3) is 0.143. The van der Waals surface area contributed by atoms with Gasteiger partial charge in [0.05, 0.1) is 11.1 Å². The lowest BCUT2D eigenvalue weighted by molar-refractivity contribution is -0.139. The van der Waals surface area contributed by atoms with Gasteiger partial charge in [0.2, 0.25) is 0 Å². The predicted molar refractivity (Wildman–Crippen MR) is 63.5 cm³/mol. The van der Waals surface area contributed by atoms with E-state index in [1.165, 1.54) is 6.07 Å². The molecule has 0 bridgehead atoms. The third-order valence-corrected chi connectivity index (χ3v) is 2.83. The van der Waals surface area contributed by atoms with Crippen molar-refractivity contribution in [3.63, 3.8) is 0 Å². The fourth-order valence-electron chi connectivity index (χ4n) is 1.97. The largest absolute Gasteiger partial charge is 0.508 e. The zero-order valence-electron chi connectivity index (χ0n) is 10.3. The molecule has 2 aromatic rings. The Hall–Kier alpha value is -2.18. The Balaban J connectivity index is 2.75. The average Bonchev–Trinajstić information content (AvgIpc) is 2.36. The summed E-state index contributed by atoms with van der Waals surface area (Å²) in [5, 5.41) is 9.15. The first-order valence-corrected chi connectivity index (χ1v) is 5.67. The molecule has 0 unspecified atom stereocenters. The number of aromatic hydroxyl groups is 1. The van der Waals surface area contributed by atoms with Crippen LogP contribution in [0.2, 0.25) is 0 Å². The van der Waals surface area contributed by atoms with Crippen LogP contribution in [-0.2, 0) is 12.4 Å². The van der Waals surface area contributed by atoms with Gasteiger partial charge in [-0.15, -0.1) is 0 Å². The number of rotatable bonds is 1. The fourth-order valence-corrected chi connectivity index (χ4v) is 1.97. The number of hydrogen-bond donors (Lipinski definition) is 1. The molecular formula is C14H8F6O. The van der Waals surface area contributed by atoms with E-state index in [1.807, 2.05) is 0 Å². The van der Waals surface area contributed by atoms with Crippen molar-refractivity contribution in [1.82, 2.24) is 0 Å². The minimum Gasteiger partial charge on any atom is -0.508 e. The Morgan fingerprint density at radius 2 is 1.19 bits per heavy atom. The normalized spacial score (nSPS) is 12.5. The molecule has 2 rings (SSSR count). The van der Waals surface area contributed by atoms with Crippen molar-refractivity contribution in [3.05, 3.63) is 53.6 Å². The second-order valence-corrected chi connectivity index (χ2v) is 4.27. The first-order valence-electron chi connectivity index (χ1n) is 5.67. The predicted octanol–water partition coefficient (Wildman–Crippen LogP) is 5.10.